The largest absolute Gasteiger partial charge is 0.316 e. The molecule has 17 heavy (non-hydrogen) atoms. The van der Waals surface area contributed by atoms with E-state index >= 15 is 0 Å². The maximum Gasteiger partial charge on any atom is 0.215 e. The van der Waals surface area contributed by atoms with Gasteiger partial charge in [0.2, 0.25) is 10.0 Å². The Kier molecular flexibility index (Phi) is 6.44. The summed E-state index contributed by atoms with van der Waals surface area (Å²) in [5, 5.41) is 3.15. The number of sulfonamides is 1. The zero-order valence-corrected chi connectivity index (χ0v) is 11.9. The number of nitrogens with zero attached hydrogens (tertiary/aromatic N) is 1. The zero-order chi connectivity index (χ0) is 12.7. The second kappa shape index (κ2) is 7.34. The van der Waals surface area contributed by atoms with Crippen LogP contribution >= 0.6 is 0 Å². The van der Waals surface area contributed by atoms with E-state index < -0.39 is 10.0 Å². The first-order valence-electron chi connectivity index (χ1n) is 6.78. The number of rotatable bonds is 8. The average molecular weight is 262 g/mol. The fourth-order valence-electron chi connectivity index (χ4n) is 2.33. The monoisotopic (exact) mass is 262 g/mol. The Balaban J connectivity index is 2.33. The van der Waals surface area contributed by atoms with Crippen LogP contribution in [0.5, 0.6) is 0 Å². The van der Waals surface area contributed by atoms with Crippen LogP contribution in [-0.4, -0.2) is 44.7 Å². The van der Waals surface area contributed by atoms with E-state index in [1.165, 1.54) is 0 Å². The topological polar surface area (TPSA) is 49.4 Å². The summed E-state index contributed by atoms with van der Waals surface area (Å²) in [7, 11) is -3.02. The summed E-state index contributed by atoms with van der Waals surface area (Å²) < 4.78 is 25.7. The lowest BCUT2D eigenvalue weighted by Gasteiger charge is -2.16. The lowest BCUT2D eigenvalue weighted by atomic mass is 10.0. The van der Waals surface area contributed by atoms with Gasteiger partial charge in [-0.2, -0.15) is 0 Å². The van der Waals surface area contributed by atoms with Gasteiger partial charge in [0.1, 0.15) is 0 Å². The molecule has 0 aliphatic carbocycles. The highest BCUT2D eigenvalue weighted by Gasteiger charge is 2.30. The Hall–Kier alpha value is -0.130. The molecule has 0 aromatic heterocycles. The highest BCUT2D eigenvalue weighted by molar-refractivity contribution is 7.89. The fraction of sp³-hybridized carbons (Fsp3) is 1.00. The predicted molar refractivity (Wildman–Crippen MR) is 71.5 cm³/mol. The van der Waals surface area contributed by atoms with E-state index in [1.54, 1.807) is 4.31 Å². The lowest BCUT2D eigenvalue weighted by Crippen LogP contribution is -2.35. The van der Waals surface area contributed by atoms with Crippen molar-refractivity contribution in [1.29, 1.82) is 0 Å². The van der Waals surface area contributed by atoms with Gasteiger partial charge >= 0.3 is 0 Å². The second-order valence-corrected chi connectivity index (χ2v) is 6.96. The van der Waals surface area contributed by atoms with Gasteiger partial charge in [-0.3, -0.25) is 0 Å². The minimum Gasteiger partial charge on any atom is -0.316 e. The molecule has 0 saturated carbocycles. The maximum atomic E-state index is 12.0. The summed E-state index contributed by atoms with van der Waals surface area (Å²) in [5.74, 6) is 0.824. The Bertz CT molecular complexity index is 304. The highest BCUT2D eigenvalue weighted by Crippen LogP contribution is 2.23. The van der Waals surface area contributed by atoms with Gasteiger partial charge in [-0.05, 0) is 31.7 Å². The molecule has 0 aromatic carbocycles. The van der Waals surface area contributed by atoms with E-state index in [1.807, 2.05) is 0 Å². The molecule has 1 unspecified atom stereocenters. The third-order valence-corrected chi connectivity index (χ3v) is 5.14. The van der Waals surface area contributed by atoms with Crippen molar-refractivity contribution in [3.63, 3.8) is 0 Å². The summed E-state index contributed by atoms with van der Waals surface area (Å²) in [5.41, 5.74) is 0. The summed E-state index contributed by atoms with van der Waals surface area (Å²) in [6.45, 7) is 7.17. The van der Waals surface area contributed by atoms with E-state index in [4.69, 9.17) is 0 Å². The number of hydrogen-bond donors (Lipinski definition) is 1. The standard InChI is InChI=1S/C12H26N2O2S/c1-3-5-12-6-9-14(11-12)17(15,16)10-8-13-7-4-2/h12-13H,3-11H2,1-2H3. The van der Waals surface area contributed by atoms with Crippen molar-refractivity contribution in [3.8, 4) is 0 Å². The summed E-state index contributed by atoms with van der Waals surface area (Å²) >= 11 is 0. The van der Waals surface area contributed by atoms with Gasteiger partial charge in [0, 0.05) is 19.6 Å². The van der Waals surface area contributed by atoms with Crippen molar-refractivity contribution in [2.75, 3.05) is 31.9 Å². The zero-order valence-electron chi connectivity index (χ0n) is 11.1. The SMILES string of the molecule is CCCNCCS(=O)(=O)N1CCC(CCC)C1. The molecule has 1 fully saturated rings. The summed E-state index contributed by atoms with van der Waals surface area (Å²) in [6.07, 6.45) is 4.38. The first-order chi connectivity index (χ1) is 8.10. The van der Waals surface area contributed by atoms with Gasteiger partial charge in [0.25, 0.3) is 0 Å². The lowest BCUT2D eigenvalue weighted by molar-refractivity contribution is 0.443. The first-order valence-corrected chi connectivity index (χ1v) is 8.39. The molecule has 1 N–H and O–H groups in total. The predicted octanol–water partition coefficient (Wildman–Crippen LogP) is 1.44. The minimum absolute atomic E-state index is 0.242. The van der Waals surface area contributed by atoms with Crippen LogP contribution in [0.2, 0.25) is 0 Å². The van der Waals surface area contributed by atoms with Gasteiger partial charge in [0.05, 0.1) is 5.75 Å². The molecule has 1 atom stereocenters. The molecule has 0 aromatic rings. The van der Waals surface area contributed by atoms with E-state index in [9.17, 15) is 8.42 Å². The molecule has 1 aliphatic rings. The molecule has 1 rings (SSSR count). The Morgan fingerprint density at radius 2 is 2.00 bits per heavy atom. The van der Waals surface area contributed by atoms with E-state index in [-0.39, 0.29) is 5.75 Å². The molecule has 4 nitrogen and oxygen atoms in total. The van der Waals surface area contributed by atoms with Crippen LogP contribution < -0.4 is 5.32 Å². The second-order valence-electron chi connectivity index (χ2n) is 4.87. The fourth-order valence-corrected chi connectivity index (χ4v) is 3.81. The van der Waals surface area contributed by atoms with Crippen LogP contribution in [0.3, 0.4) is 0 Å². The van der Waals surface area contributed by atoms with Crippen LogP contribution in [0.4, 0.5) is 0 Å². The van der Waals surface area contributed by atoms with Gasteiger partial charge in [-0.1, -0.05) is 20.3 Å². The van der Waals surface area contributed by atoms with Crippen molar-refractivity contribution in [2.24, 2.45) is 5.92 Å². The Morgan fingerprint density at radius 1 is 1.24 bits per heavy atom. The third kappa shape index (κ3) is 4.94. The summed E-state index contributed by atoms with van der Waals surface area (Å²) in [4.78, 5) is 0. The van der Waals surface area contributed by atoms with Crippen LogP contribution in [0.25, 0.3) is 0 Å². The van der Waals surface area contributed by atoms with Crippen molar-refractivity contribution >= 4 is 10.0 Å². The molecule has 0 radical (unpaired) electrons. The van der Waals surface area contributed by atoms with Gasteiger partial charge in [0.15, 0.2) is 0 Å². The molecule has 102 valence electrons. The minimum atomic E-state index is -3.02. The normalized spacial score (nSPS) is 22.1. The van der Waals surface area contributed by atoms with Crippen LogP contribution in [0, 0.1) is 5.92 Å². The van der Waals surface area contributed by atoms with Crippen molar-refractivity contribution in [3.05, 3.63) is 0 Å². The van der Waals surface area contributed by atoms with E-state index in [0.717, 1.165) is 45.3 Å². The smallest absolute Gasteiger partial charge is 0.215 e. The van der Waals surface area contributed by atoms with Crippen LogP contribution in [0.15, 0.2) is 0 Å². The van der Waals surface area contributed by atoms with Gasteiger partial charge in [-0.25, -0.2) is 12.7 Å². The van der Waals surface area contributed by atoms with E-state index in [0.29, 0.717) is 12.5 Å². The molecular formula is C12H26N2O2S. The number of hydrogen-bond acceptors (Lipinski definition) is 3. The van der Waals surface area contributed by atoms with Crippen molar-refractivity contribution in [2.45, 2.75) is 39.5 Å². The van der Waals surface area contributed by atoms with Gasteiger partial charge in [-0.15, -0.1) is 0 Å². The molecule has 1 aliphatic heterocycles. The first kappa shape index (κ1) is 14.9. The molecule has 0 bridgehead atoms. The van der Waals surface area contributed by atoms with E-state index in [2.05, 4.69) is 19.2 Å². The van der Waals surface area contributed by atoms with Crippen LogP contribution in [-0.2, 0) is 10.0 Å². The number of nitrogens with one attached hydrogen (secondary N) is 1. The molecular weight excluding hydrogens is 236 g/mol. The third-order valence-electron chi connectivity index (χ3n) is 3.30. The molecule has 0 amide bonds. The van der Waals surface area contributed by atoms with Crippen molar-refractivity contribution < 1.29 is 8.42 Å². The molecule has 0 spiro atoms. The molecule has 5 heteroatoms. The quantitative estimate of drug-likeness (QED) is 0.673. The van der Waals surface area contributed by atoms with Gasteiger partial charge < -0.3 is 5.32 Å². The van der Waals surface area contributed by atoms with Crippen molar-refractivity contribution in [1.82, 2.24) is 9.62 Å². The Morgan fingerprint density at radius 3 is 2.65 bits per heavy atom. The maximum absolute atomic E-state index is 12.0. The summed E-state index contributed by atoms with van der Waals surface area (Å²) in [6, 6.07) is 0. The Labute approximate surface area is 106 Å². The van der Waals surface area contributed by atoms with Crippen LogP contribution in [0.1, 0.15) is 39.5 Å². The average Bonchev–Trinajstić information content (AvgIpc) is 2.74. The molecule has 1 heterocycles. The highest BCUT2D eigenvalue weighted by atomic mass is 32.2. The molecule has 1 saturated heterocycles.